The van der Waals surface area contributed by atoms with Gasteiger partial charge in [0, 0.05) is 23.5 Å². The Morgan fingerprint density at radius 1 is 1.26 bits per heavy atom. The number of nitrogens with zero attached hydrogens (tertiary/aromatic N) is 2. The third kappa shape index (κ3) is 5.58. The first kappa shape index (κ1) is 25.3. The molecule has 0 saturated heterocycles. The average molecular weight is 515 g/mol. The van der Waals surface area contributed by atoms with E-state index in [1.807, 2.05) is 32.0 Å². The van der Waals surface area contributed by atoms with Crippen molar-refractivity contribution in [3.8, 4) is 5.75 Å². The Balaban J connectivity index is 1.69. The first-order valence-corrected chi connectivity index (χ1v) is 14.0. The molecule has 1 aromatic heterocycles. The van der Waals surface area contributed by atoms with E-state index in [9.17, 15) is 13.2 Å². The maximum Gasteiger partial charge on any atom is 0.306 e. The highest BCUT2D eigenvalue weighted by molar-refractivity contribution is 7.89. The molecule has 7 nitrogen and oxygen atoms in total. The van der Waals surface area contributed by atoms with Gasteiger partial charge in [-0.25, -0.2) is 8.42 Å². The summed E-state index contributed by atoms with van der Waals surface area (Å²) < 4.78 is 40.0. The molecule has 1 aliphatic heterocycles. The van der Waals surface area contributed by atoms with E-state index in [1.165, 1.54) is 15.6 Å². The molecule has 2 aromatic carbocycles. The van der Waals surface area contributed by atoms with Gasteiger partial charge in [0.15, 0.2) is 0 Å². The molecular weight excluding hydrogens is 484 g/mol. The lowest BCUT2D eigenvalue weighted by Crippen LogP contribution is -2.36. The number of hydrogen-bond acceptors (Lipinski definition) is 7. The number of aryl methyl sites for hydroxylation is 1. The maximum absolute atomic E-state index is 13.6. The molecule has 0 aliphatic carbocycles. The van der Waals surface area contributed by atoms with Crippen molar-refractivity contribution in [3.63, 3.8) is 0 Å². The standard InChI is InChI=1S/C26H30N2O5S2/c1-4-21-16-28(35(30,31)25-9-7-6-8-23(25)33-21)15-20-12-19(11-10-18(20)3)22(13-26(29)32-5-2)24-14-27-17-34-24/h6-12,14,17,21-22H,4-5,13,15-16H2,1-3H3/t21-,22?/m1/s1. The van der Waals surface area contributed by atoms with Crippen molar-refractivity contribution in [2.75, 3.05) is 13.2 Å². The number of hydrogen-bond donors (Lipinski definition) is 0. The lowest BCUT2D eigenvalue weighted by Gasteiger charge is -2.24. The Morgan fingerprint density at radius 3 is 2.77 bits per heavy atom. The van der Waals surface area contributed by atoms with Crippen LogP contribution in [0.2, 0.25) is 0 Å². The minimum atomic E-state index is -3.75. The van der Waals surface area contributed by atoms with Gasteiger partial charge in [0.25, 0.3) is 0 Å². The molecular formula is C26H30N2O5S2. The van der Waals surface area contributed by atoms with E-state index in [-0.39, 0.29) is 42.4 Å². The molecule has 0 fully saturated rings. The van der Waals surface area contributed by atoms with Gasteiger partial charge in [-0.2, -0.15) is 4.31 Å². The highest BCUT2D eigenvalue weighted by Gasteiger charge is 2.34. The van der Waals surface area contributed by atoms with Crippen LogP contribution in [0.4, 0.5) is 0 Å². The average Bonchev–Trinajstić information content (AvgIpc) is 3.34. The molecule has 35 heavy (non-hydrogen) atoms. The predicted molar refractivity (Wildman–Crippen MR) is 135 cm³/mol. The van der Waals surface area contributed by atoms with E-state index in [4.69, 9.17) is 9.47 Å². The fraction of sp³-hybridized carbons (Fsp3) is 0.385. The topological polar surface area (TPSA) is 85.8 Å². The molecule has 4 rings (SSSR count). The fourth-order valence-electron chi connectivity index (χ4n) is 4.24. The van der Waals surface area contributed by atoms with Gasteiger partial charge in [-0.3, -0.25) is 9.78 Å². The van der Waals surface area contributed by atoms with Crippen LogP contribution < -0.4 is 4.74 Å². The number of fused-ring (bicyclic) bond motifs is 1. The molecule has 3 aromatic rings. The van der Waals surface area contributed by atoms with Crippen molar-refractivity contribution < 1.29 is 22.7 Å². The summed E-state index contributed by atoms with van der Waals surface area (Å²) in [6.07, 6.45) is 2.41. The van der Waals surface area contributed by atoms with E-state index in [0.717, 1.165) is 21.6 Å². The monoisotopic (exact) mass is 514 g/mol. The molecule has 0 N–H and O–H groups in total. The number of thiazole rings is 1. The van der Waals surface area contributed by atoms with E-state index in [0.29, 0.717) is 18.8 Å². The van der Waals surface area contributed by atoms with E-state index in [1.54, 1.807) is 42.9 Å². The van der Waals surface area contributed by atoms with Crippen molar-refractivity contribution in [2.24, 2.45) is 0 Å². The first-order valence-electron chi connectivity index (χ1n) is 11.7. The number of rotatable bonds is 8. The van der Waals surface area contributed by atoms with E-state index < -0.39 is 10.0 Å². The summed E-state index contributed by atoms with van der Waals surface area (Å²) in [7, 11) is -3.75. The summed E-state index contributed by atoms with van der Waals surface area (Å²) in [6.45, 7) is 6.55. The van der Waals surface area contributed by atoms with Crippen LogP contribution in [0.15, 0.2) is 59.1 Å². The van der Waals surface area contributed by atoms with Gasteiger partial charge in [-0.05, 0) is 49.1 Å². The third-order valence-electron chi connectivity index (χ3n) is 6.22. The minimum absolute atomic E-state index is 0.189. The van der Waals surface area contributed by atoms with Gasteiger partial charge >= 0.3 is 5.97 Å². The maximum atomic E-state index is 13.6. The van der Waals surface area contributed by atoms with Crippen molar-refractivity contribution in [1.82, 2.24) is 9.29 Å². The second kappa shape index (κ2) is 10.9. The summed E-state index contributed by atoms with van der Waals surface area (Å²) in [6, 6.07) is 12.8. The Labute approximate surface area is 210 Å². The van der Waals surface area contributed by atoms with Gasteiger partial charge in [-0.15, -0.1) is 11.3 Å². The molecule has 0 bridgehead atoms. The summed E-state index contributed by atoms with van der Waals surface area (Å²) in [5, 5.41) is 0. The normalized spacial score (nSPS) is 18.2. The lowest BCUT2D eigenvalue weighted by molar-refractivity contribution is -0.143. The van der Waals surface area contributed by atoms with Crippen molar-refractivity contribution >= 4 is 27.3 Å². The number of para-hydroxylation sites is 1. The highest BCUT2D eigenvalue weighted by atomic mass is 32.2. The quantitative estimate of drug-likeness (QED) is 0.398. The summed E-state index contributed by atoms with van der Waals surface area (Å²) in [4.78, 5) is 17.7. The van der Waals surface area contributed by atoms with E-state index >= 15 is 0 Å². The van der Waals surface area contributed by atoms with Crippen LogP contribution in [0, 0.1) is 6.92 Å². The number of benzene rings is 2. The van der Waals surface area contributed by atoms with Crippen molar-refractivity contribution in [2.45, 2.75) is 57.1 Å². The Hall–Kier alpha value is -2.75. The van der Waals surface area contributed by atoms with Crippen LogP contribution in [-0.2, 0) is 26.1 Å². The first-order chi connectivity index (χ1) is 16.8. The summed E-state index contributed by atoms with van der Waals surface area (Å²) >= 11 is 1.49. The SMILES string of the molecule is CCOC(=O)CC(c1ccc(C)c(CN2C[C@@H](CC)Oc3ccccc3S2(=O)=O)c1)c1cncs1. The van der Waals surface area contributed by atoms with Crippen LogP contribution in [0.3, 0.4) is 0 Å². The number of esters is 1. The van der Waals surface area contributed by atoms with Gasteiger partial charge in [0.1, 0.15) is 16.7 Å². The van der Waals surface area contributed by atoms with Gasteiger partial charge < -0.3 is 9.47 Å². The van der Waals surface area contributed by atoms with Gasteiger partial charge in [0.2, 0.25) is 10.0 Å². The smallest absolute Gasteiger partial charge is 0.306 e. The zero-order valence-corrected chi connectivity index (χ0v) is 21.8. The zero-order valence-electron chi connectivity index (χ0n) is 20.1. The molecule has 1 aliphatic rings. The molecule has 0 radical (unpaired) electrons. The molecule has 9 heteroatoms. The van der Waals surface area contributed by atoms with Crippen LogP contribution in [-0.4, -0.2) is 42.9 Å². The van der Waals surface area contributed by atoms with Crippen LogP contribution in [0.25, 0.3) is 0 Å². The fourth-order valence-corrected chi connectivity index (χ4v) is 6.56. The Morgan fingerprint density at radius 2 is 2.06 bits per heavy atom. The third-order valence-corrected chi connectivity index (χ3v) is 8.96. The number of ether oxygens (including phenoxy) is 2. The zero-order chi connectivity index (χ0) is 25.0. The second-order valence-corrected chi connectivity index (χ2v) is 11.4. The number of carbonyl (C=O) groups excluding carboxylic acids is 1. The van der Waals surface area contributed by atoms with Crippen LogP contribution in [0.5, 0.6) is 5.75 Å². The molecule has 0 amide bonds. The minimum Gasteiger partial charge on any atom is -0.488 e. The molecule has 1 unspecified atom stereocenters. The Kier molecular flexibility index (Phi) is 7.88. The lowest BCUT2D eigenvalue weighted by atomic mass is 9.91. The van der Waals surface area contributed by atoms with Gasteiger partial charge in [0.05, 0.1) is 25.1 Å². The summed E-state index contributed by atoms with van der Waals surface area (Å²) in [5.41, 5.74) is 4.54. The predicted octanol–water partition coefficient (Wildman–Crippen LogP) is 4.90. The molecule has 186 valence electrons. The number of carbonyl (C=O) groups is 1. The summed E-state index contributed by atoms with van der Waals surface area (Å²) in [5.74, 6) is -0.0937. The number of aromatic nitrogens is 1. The molecule has 0 saturated carbocycles. The molecule has 0 spiro atoms. The van der Waals surface area contributed by atoms with Crippen molar-refractivity contribution in [3.05, 3.63) is 75.7 Å². The van der Waals surface area contributed by atoms with Gasteiger partial charge in [-0.1, -0.05) is 37.3 Å². The molecule has 2 heterocycles. The van der Waals surface area contributed by atoms with Crippen LogP contribution >= 0.6 is 11.3 Å². The largest absolute Gasteiger partial charge is 0.488 e. The molecule has 2 atom stereocenters. The van der Waals surface area contributed by atoms with Crippen LogP contribution in [0.1, 0.15) is 54.2 Å². The van der Waals surface area contributed by atoms with E-state index in [2.05, 4.69) is 4.98 Å². The number of sulfonamides is 1. The second-order valence-electron chi connectivity index (χ2n) is 8.54. The Bertz CT molecular complexity index is 1270. The highest BCUT2D eigenvalue weighted by Crippen LogP contribution is 2.35. The van der Waals surface area contributed by atoms with Crippen molar-refractivity contribution in [1.29, 1.82) is 0 Å².